The third kappa shape index (κ3) is 3.16. The number of nitrogens with zero attached hydrogens (tertiary/aromatic N) is 4. The molecule has 0 atom stereocenters. The zero-order chi connectivity index (χ0) is 18.0. The number of aromatic nitrogens is 4. The summed E-state index contributed by atoms with van der Waals surface area (Å²) in [6.45, 7) is 2.82. The number of hydrogen-bond donors (Lipinski definition) is 1. The first-order valence-electron chi connectivity index (χ1n) is 8.88. The average molecular weight is 371 g/mol. The molecule has 1 aliphatic carbocycles. The second-order valence-corrected chi connectivity index (χ2v) is 7.52. The summed E-state index contributed by atoms with van der Waals surface area (Å²) < 4.78 is 7.07. The Balaban J connectivity index is 1.49. The molecule has 1 aliphatic rings. The van der Waals surface area contributed by atoms with Gasteiger partial charge in [-0.05, 0) is 31.9 Å². The third-order valence-electron chi connectivity index (χ3n) is 4.85. The maximum atomic E-state index is 12.4. The van der Waals surface area contributed by atoms with Crippen molar-refractivity contribution in [1.82, 2.24) is 19.6 Å². The van der Waals surface area contributed by atoms with Gasteiger partial charge in [0.05, 0.1) is 23.9 Å². The van der Waals surface area contributed by atoms with Crippen LogP contribution in [-0.2, 0) is 9.53 Å². The zero-order valence-corrected chi connectivity index (χ0v) is 15.5. The maximum absolute atomic E-state index is 12.4. The van der Waals surface area contributed by atoms with Gasteiger partial charge in [-0.2, -0.15) is 0 Å². The molecule has 0 unspecified atom stereocenters. The largest absolute Gasteiger partial charge is 0.466 e. The Morgan fingerprint density at radius 3 is 2.96 bits per heavy atom. The van der Waals surface area contributed by atoms with Crippen LogP contribution in [0.3, 0.4) is 0 Å². The molecule has 1 fully saturated rings. The van der Waals surface area contributed by atoms with Crippen molar-refractivity contribution in [3.8, 4) is 11.3 Å². The Bertz CT molecular complexity index is 867. The van der Waals surface area contributed by atoms with Gasteiger partial charge in [0, 0.05) is 24.5 Å². The molecular formula is C18H21N5O2S. The van der Waals surface area contributed by atoms with Crippen molar-refractivity contribution >= 4 is 27.4 Å². The molecule has 0 saturated heterocycles. The van der Waals surface area contributed by atoms with Gasteiger partial charge in [-0.1, -0.05) is 24.2 Å². The number of nitrogens with one attached hydrogen (secondary N) is 1. The number of hydrogen-bond acceptors (Lipinski definition) is 7. The molecule has 0 aromatic carbocycles. The highest BCUT2D eigenvalue weighted by molar-refractivity contribution is 7.20. The molecule has 0 radical (unpaired) electrons. The van der Waals surface area contributed by atoms with E-state index in [1.807, 2.05) is 25.3 Å². The van der Waals surface area contributed by atoms with Gasteiger partial charge in [-0.15, -0.1) is 5.10 Å². The molecule has 136 valence electrons. The number of fused-ring (bicyclic) bond motifs is 1. The quantitative estimate of drug-likeness (QED) is 0.669. The standard InChI is InChI=1S/C18H21N5O2S/c1-2-25-15(24)18(7-3-4-8-18)12-20-16-22-23-11-14(21-17(23)26-16)13-6-5-9-19-10-13/h5-6,9-11H,2-4,7-8,12H2,1H3,(H,20,22). The lowest BCUT2D eigenvalue weighted by Gasteiger charge is -2.26. The summed E-state index contributed by atoms with van der Waals surface area (Å²) in [5.74, 6) is -0.0924. The second-order valence-electron chi connectivity index (χ2n) is 6.56. The van der Waals surface area contributed by atoms with Gasteiger partial charge in [0.2, 0.25) is 10.1 Å². The lowest BCUT2D eigenvalue weighted by Crippen LogP contribution is -2.37. The Morgan fingerprint density at radius 2 is 2.27 bits per heavy atom. The van der Waals surface area contributed by atoms with Crippen molar-refractivity contribution in [1.29, 1.82) is 0 Å². The first-order chi connectivity index (χ1) is 12.7. The number of esters is 1. The number of anilines is 1. The summed E-state index contributed by atoms with van der Waals surface area (Å²) in [7, 11) is 0. The molecule has 0 spiro atoms. The molecule has 3 aromatic heterocycles. The summed E-state index contributed by atoms with van der Waals surface area (Å²) in [5, 5.41) is 8.64. The summed E-state index contributed by atoms with van der Waals surface area (Å²) in [6.07, 6.45) is 9.29. The van der Waals surface area contributed by atoms with Crippen molar-refractivity contribution in [3.05, 3.63) is 30.7 Å². The van der Waals surface area contributed by atoms with E-state index >= 15 is 0 Å². The first kappa shape index (κ1) is 17.0. The monoisotopic (exact) mass is 371 g/mol. The number of carbonyl (C=O) groups excluding carboxylic acids is 1. The number of pyridine rings is 1. The van der Waals surface area contributed by atoms with E-state index in [1.54, 1.807) is 16.9 Å². The third-order valence-corrected chi connectivity index (χ3v) is 5.73. The topological polar surface area (TPSA) is 81.4 Å². The fourth-order valence-electron chi connectivity index (χ4n) is 3.46. The van der Waals surface area contributed by atoms with E-state index in [0.29, 0.717) is 13.2 Å². The molecule has 7 nitrogen and oxygen atoms in total. The van der Waals surface area contributed by atoms with Crippen molar-refractivity contribution in [3.63, 3.8) is 0 Å². The number of rotatable bonds is 6. The fourth-order valence-corrected chi connectivity index (χ4v) is 4.24. The Morgan fingerprint density at radius 1 is 1.42 bits per heavy atom. The molecule has 3 aromatic rings. The normalized spacial score (nSPS) is 16.0. The highest BCUT2D eigenvalue weighted by Gasteiger charge is 2.42. The Labute approximate surface area is 155 Å². The van der Waals surface area contributed by atoms with Crippen LogP contribution >= 0.6 is 11.3 Å². The molecule has 1 saturated carbocycles. The van der Waals surface area contributed by atoms with Crippen LogP contribution in [0.2, 0.25) is 0 Å². The van der Waals surface area contributed by atoms with E-state index in [-0.39, 0.29) is 5.97 Å². The van der Waals surface area contributed by atoms with Gasteiger partial charge in [-0.3, -0.25) is 9.78 Å². The minimum atomic E-state index is -0.426. The van der Waals surface area contributed by atoms with Gasteiger partial charge >= 0.3 is 5.97 Å². The smallest absolute Gasteiger partial charge is 0.313 e. The van der Waals surface area contributed by atoms with E-state index in [9.17, 15) is 4.79 Å². The van der Waals surface area contributed by atoms with Gasteiger partial charge in [-0.25, -0.2) is 9.50 Å². The minimum Gasteiger partial charge on any atom is -0.466 e. The number of carbonyl (C=O) groups is 1. The van der Waals surface area contributed by atoms with Gasteiger partial charge < -0.3 is 10.1 Å². The van der Waals surface area contributed by atoms with Gasteiger partial charge in [0.15, 0.2) is 0 Å². The second kappa shape index (κ2) is 7.03. The van der Waals surface area contributed by atoms with Gasteiger partial charge in [0.25, 0.3) is 0 Å². The van der Waals surface area contributed by atoms with E-state index in [1.165, 1.54) is 11.3 Å². The molecular weight excluding hydrogens is 350 g/mol. The summed E-state index contributed by atoms with van der Waals surface area (Å²) in [5.41, 5.74) is 1.39. The molecule has 26 heavy (non-hydrogen) atoms. The molecule has 8 heteroatoms. The van der Waals surface area contributed by atoms with Crippen molar-refractivity contribution in [2.75, 3.05) is 18.5 Å². The highest BCUT2D eigenvalue weighted by Crippen LogP contribution is 2.39. The van der Waals surface area contributed by atoms with E-state index < -0.39 is 5.41 Å². The van der Waals surface area contributed by atoms with Crippen molar-refractivity contribution in [2.24, 2.45) is 5.41 Å². The van der Waals surface area contributed by atoms with Crippen molar-refractivity contribution < 1.29 is 9.53 Å². The van der Waals surface area contributed by atoms with E-state index in [0.717, 1.165) is 47.0 Å². The van der Waals surface area contributed by atoms with Crippen LogP contribution in [0.5, 0.6) is 0 Å². The Hall–Kier alpha value is -2.48. The molecule has 1 N–H and O–H groups in total. The van der Waals surface area contributed by atoms with Crippen LogP contribution in [0.1, 0.15) is 32.6 Å². The molecule has 0 bridgehead atoms. The fraction of sp³-hybridized carbons (Fsp3) is 0.444. The summed E-state index contributed by atoms with van der Waals surface area (Å²) >= 11 is 1.48. The van der Waals surface area contributed by atoms with Crippen LogP contribution < -0.4 is 5.32 Å². The average Bonchev–Trinajstić information content (AvgIpc) is 3.36. The van der Waals surface area contributed by atoms with Crippen LogP contribution in [0.25, 0.3) is 16.2 Å². The van der Waals surface area contributed by atoms with Crippen LogP contribution in [0.4, 0.5) is 5.13 Å². The molecule has 3 heterocycles. The predicted molar refractivity (Wildman–Crippen MR) is 100 cm³/mol. The first-order valence-corrected chi connectivity index (χ1v) is 9.69. The Kier molecular flexibility index (Phi) is 4.58. The van der Waals surface area contributed by atoms with E-state index in [2.05, 4.69) is 20.4 Å². The minimum absolute atomic E-state index is 0.0924. The highest BCUT2D eigenvalue weighted by atomic mass is 32.1. The zero-order valence-electron chi connectivity index (χ0n) is 14.6. The van der Waals surface area contributed by atoms with Gasteiger partial charge in [0.1, 0.15) is 0 Å². The molecule has 0 aliphatic heterocycles. The predicted octanol–water partition coefficient (Wildman–Crippen LogP) is 3.39. The van der Waals surface area contributed by atoms with Crippen LogP contribution in [-0.4, -0.2) is 38.7 Å². The maximum Gasteiger partial charge on any atom is 0.313 e. The number of imidazole rings is 1. The molecule has 4 rings (SSSR count). The number of ether oxygens (including phenoxy) is 1. The van der Waals surface area contributed by atoms with E-state index in [4.69, 9.17) is 4.74 Å². The van der Waals surface area contributed by atoms with Crippen LogP contribution in [0.15, 0.2) is 30.7 Å². The summed E-state index contributed by atoms with van der Waals surface area (Å²) in [6, 6.07) is 3.86. The SMILES string of the molecule is CCOC(=O)C1(CNc2nn3cc(-c4cccnc4)nc3s2)CCCC1. The molecule has 0 amide bonds. The lowest BCUT2D eigenvalue weighted by molar-refractivity contribution is -0.154. The van der Waals surface area contributed by atoms with Crippen molar-refractivity contribution in [2.45, 2.75) is 32.6 Å². The van der Waals surface area contributed by atoms with Crippen LogP contribution in [0, 0.1) is 5.41 Å². The lowest BCUT2D eigenvalue weighted by atomic mass is 9.86. The summed E-state index contributed by atoms with van der Waals surface area (Å²) in [4.78, 5) is 22.0.